The van der Waals surface area contributed by atoms with Crippen LogP contribution < -0.4 is 10.6 Å². The van der Waals surface area contributed by atoms with Gasteiger partial charge in [-0.3, -0.25) is 4.99 Å². The van der Waals surface area contributed by atoms with Crippen LogP contribution in [-0.2, 0) is 11.3 Å². The second-order valence-corrected chi connectivity index (χ2v) is 4.82. The fourth-order valence-electron chi connectivity index (χ4n) is 2.06. The predicted octanol–water partition coefficient (Wildman–Crippen LogP) is 2.19. The van der Waals surface area contributed by atoms with E-state index in [9.17, 15) is 0 Å². The fraction of sp³-hybridized carbons (Fsp3) is 0.375. The molecule has 0 saturated carbocycles. The number of hydrogen-bond acceptors (Lipinski definition) is 3. The van der Waals surface area contributed by atoms with Gasteiger partial charge >= 0.3 is 0 Å². The lowest BCUT2D eigenvalue weighted by molar-refractivity contribution is 0.195. The highest BCUT2D eigenvalue weighted by molar-refractivity contribution is 14.0. The summed E-state index contributed by atoms with van der Waals surface area (Å²) < 4.78 is 6.88. The quantitative estimate of drug-likeness (QED) is 0.307. The van der Waals surface area contributed by atoms with Gasteiger partial charge in [-0.2, -0.15) is 5.10 Å². The Morgan fingerprint density at radius 2 is 2.17 bits per heavy atom. The van der Waals surface area contributed by atoms with Crippen molar-refractivity contribution in [3.63, 3.8) is 0 Å². The molecule has 2 aromatic rings. The van der Waals surface area contributed by atoms with Crippen LogP contribution in [-0.4, -0.2) is 43.0 Å². The number of halogens is 1. The molecule has 0 amide bonds. The van der Waals surface area contributed by atoms with Crippen molar-refractivity contribution in [2.24, 2.45) is 4.99 Å². The molecule has 2 rings (SSSR count). The first-order valence-electron chi connectivity index (χ1n) is 7.36. The zero-order valence-corrected chi connectivity index (χ0v) is 15.9. The van der Waals surface area contributed by atoms with Gasteiger partial charge in [0, 0.05) is 46.2 Å². The van der Waals surface area contributed by atoms with Crippen molar-refractivity contribution in [2.45, 2.75) is 13.0 Å². The van der Waals surface area contributed by atoms with Gasteiger partial charge in [0.1, 0.15) is 0 Å². The minimum Gasteiger partial charge on any atom is -0.385 e. The smallest absolute Gasteiger partial charge is 0.191 e. The summed E-state index contributed by atoms with van der Waals surface area (Å²) in [6, 6.07) is 10.2. The maximum atomic E-state index is 5.03. The van der Waals surface area contributed by atoms with Crippen LogP contribution in [0.15, 0.2) is 47.7 Å². The third-order valence-electron chi connectivity index (χ3n) is 3.18. The molecule has 0 aliphatic heterocycles. The van der Waals surface area contributed by atoms with Crippen molar-refractivity contribution in [3.05, 3.63) is 48.3 Å². The number of benzene rings is 1. The SMILES string of the molecule is CN=C(NCCCOC)NCc1cccc(-n2cccn2)c1.I. The molecule has 0 saturated heterocycles. The summed E-state index contributed by atoms with van der Waals surface area (Å²) >= 11 is 0. The van der Waals surface area contributed by atoms with Gasteiger partial charge < -0.3 is 15.4 Å². The number of hydrogen-bond donors (Lipinski definition) is 2. The van der Waals surface area contributed by atoms with Gasteiger partial charge in [0.25, 0.3) is 0 Å². The molecular formula is C16H24IN5O. The van der Waals surface area contributed by atoms with Crippen LogP contribution in [0.3, 0.4) is 0 Å². The number of methoxy groups -OCH3 is 1. The molecule has 0 bridgehead atoms. The van der Waals surface area contributed by atoms with Crippen molar-refractivity contribution in [3.8, 4) is 5.69 Å². The molecule has 0 aliphatic rings. The average molecular weight is 429 g/mol. The van der Waals surface area contributed by atoms with Crippen molar-refractivity contribution in [1.82, 2.24) is 20.4 Å². The van der Waals surface area contributed by atoms with Gasteiger partial charge in [-0.05, 0) is 30.2 Å². The van der Waals surface area contributed by atoms with Gasteiger partial charge in [-0.15, -0.1) is 24.0 Å². The van der Waals surface area contributed by atoms with E-state index in [4.69, 9.17) is 4.74 Å². The molecular weight excluding hydrogens is 405 g/mol. The molecule has 0 fully saturated rings. The Kier molecular flexibility index (Phi) is 9.30. The molecule has 0 atom stereocenters. The Bertz CT molecular complexity index is 586. The summed E-state index contributed by atoms with van der Waals surface area (Å²) in [6.07, 6.45) is 4.66. The normalized spacial score (nSPS) is 11.0. The lowest BCUT2D eigenvalue weighted by atomic mass is 10.2. The van der Waals surface area contributed by atoms with E-state index in [1.54, 1.807) is 20.4 Å². The number of ether oxygens (including phenoxy) is 1. The van der Waals surface area contributed by atoms with Crippen LogP contribution in [0.2, 0.25) is 0 Å². The zero-order chi connectivity index (χ0) is 15.6. The largest absolute Gasteiger partial charge is 0.385 e. The van der Waals surface area contributed by atoms with E-state index < -0.39 is 0 Å². The zero-order valence-electron chi connectivity index (χ0n) is 13.5. The third kappa shape index (κ3) is 6.57. The van der Waals surface area contributed by atoms with Crippen molar-refractivity contribution in [1.29, 1.82) is 0 Å². The Morgan fingerprint density at radius 1 is 1.30 bits per heavy atom. The topological polar surface area (TPSA) is 63.5 Å². The van der Waals surface area contributed by atoms with Gasteiger partial charge in [0.2, 0.25) is 0 Å². The van der Waals surface area contributed by atoms with Crippen molar-refractivity contribution >= 4 is 29.9 Å². The number of guanidine groups is 1. The molecule has 1 aromatic carbocycles. The van der Waals surface area contributed by atoms with E-state index in [0.29, 0.717) is 6.54 Å². The molecule has 126 valence electrons. The number of aromatic nitrogens is 2. The lowest BCUT2D eigenvalue weighted by Crippen LogP contribution is -2.37. The van der Waals surface area contributed by atoms with Crippen LogP contribution in [0.1, 0.15) is 12.0 Å². The van der Waals surface area contributed by atoms with E-state index in [2.05, 4.69) is 32.9 Å². The number of nitrogens with one attached hydrogen (secondary N) is 2. The molecule has 0 unspecified atom stereocenters. The summed E-state index contributed by atoms with van der Waals surface area (Å²) in [6.45, 7) is 2.29. The molecule has 6 nitrogen and oxygen atoms in total. The highest BCUT2D eigenvalue weighted by Crippen LogP contribution is 2.09. The summed E-state index contributed by atoms with van der Waals surface area (Å²) in [5, 5.41) is 10.8. The van der Waals surface area contributed by atoms with Crippen LogP contribution in [0.25, 0.3) is 5.69 Å². The van der Waals surface area contributed by atoms with Crippen LogP contribution in [0.5, 0.6) is 0 Å². The Hall–Kier alpha value is -1.61. The first kappa shape index (κ1) is 19.4. The van der Waals surface area contributed by atoms with E-state index in [-0.39, 0.29) is 24.0 Å². The lowest BCUT2D eigenvalue weighted by Gasteiger charge is -2.12. The molecule has 23 heavy (non-hydrogen) atoms. The molecule has 1 aromatic heterocycles. The fourth-order valence-corrected chi connectivity index (χ4v) is 2.06. The summed E-state index contributed by atoms with van der Waals surface area (Å²) in [4.78, 5) is 4.21. The van der Waals surface area contributed by atoms with E-state index >= 15 is 0 Å². The second-order valence-electron chi connectivity index (χ2n) is 4.82. The Morgan fingerprint density at radius 3 is 2.87 bits per heavy atom. The number of aliphatic imine (C=N–C) groups is 1. The predicted molar refractivity (Wildman–Crippen MR) is 104 cm³/mol. The second kappa shape index (κ2) is 11.0. The summed E-state index contributed by atoms with van der Waals surface area (Å²) in [5.74, 6) is 0.792. The van der Waals surface area contributed by atoms with Crippen LogP contribution in [0, 0.1) is 0 Å². The standard InChI is InChI=1S/C16H23N5O.HI/c1-17-16(18-8-5-11-22-2)19-13-14-6-3-7-15(12-14)21-10-4-9-20-21;/h3-4,6-7,9-10,12H,5,8,11,13H2,1-2H3,(H2,17,18,19);1H. The van der Waals surface area contributed by atoms with Gasteiger partial charge in [-0.1, -0.05) is 12.1 Å². The van der Waals surface area contributed by atoms with Gasteiger partial charge in [0.15, 0.2) is 5.96 Å². The first-order chi connectivity index (χ1) is 10.8. The monoisotopic (exact) mass is 429 g/mol. The first-order valence-corrected chi connectivity index (χ1v) is 7.36. The van der Waals surface area contributed by atoms with Crippen LogP contribution >= 0.6 is 24.0 Å². The molecule has 1 heterocycles. The number of nitrogens with zero attached hydrogens (tertiary/aromatic N) is 3. The molecule has 0 spiro atoms. The molecule has 2 N–H and O–H groups in total. The molecule has 0 radical (unpaired) electrons. The summed E-state index contributed by atoms with van der Waals surface area (Å²) in [7, 11) is 3.48. The minimum absolute atomic E-state index is 0. The van der Waals surface area contributed by atoms with Gasteiger partial charge in [-0.25, -0.2) is 4.68 Å². The number of rotatable bonds is 7. The van der Waals surface area contributed by atoms with E-state index in [1.165, 1.54) is 5.56 Å². The van der Waals surface area contributed by atoms with E-state index in [0.717, 1.165) is 31.2 Å². The average Bonchev–Trinajstić information content (AvgIpc) is 3.09. The third-order valence-corrected chi connectivity index (χ3v) is 3.18. The maximum absolute atomic E-state index is 5.03. The Labute approximate surface area is 154 Å². The maximum Gasteiger partial charge on any atom is 0.191 e. The van der Waals surface area contributed by atoms with Gasteiger partial charge in [0.05, 0.1) is 5.69 Å². The van der Waals surface area contributed by atoms with Crippen molar-refractivity contribution < 1.29 is 4.74 Å². The highest BCUT2D eigenvalue weighted by atomic mass is 127. The summed E-state index contributed by atoms with van der Waals surface area (Å²) in [5.41, 5.74) is 2.22. The van der Waals surface area contributed by atoms with E-state index in [1.807, 2.05) is 29.1 Å². The van der Waals surface area contributed by atoms with Crippen molar-refractivity contribution in [2.75, 3.05) is 27.3 Å². The minimum atomic E-state index is 0. The highest BCUT2D eigenvalue weighted by Gasteiger charge is 2.01. The molecule has 7 heteroatoms. The van der Waals surface area contributed by atoms with Crippen LogP contribution in [0.4, 0.5) is 0 Å². The Balaban J connectivity index is 0.00000264. The molecule has 0 aliphatic carbocycles.